The maximum Gasteiger partial charge on any atom is 0.330 e. The fraction of sp³-hybridized carbons (Fsp3) is 0.500. The van der Waals surface area contributed by atoms with E-state index in [2.05, 4.69) is 4.98 Å². The van der Waals surface area contributed by atoms with Crippen LogP contribution in [0.5, 0.6) is 0 Å². The van der Waals surface area contributed by atoms with Gasteiger partial charge in [-0.1, -0.05) is 12.2 Å². The van der Waals surface area contributed by atoms with Crippen LogP contribution in [0, 0.1) is 0 Å². The zero-order valence-corrected chi connectivity index (χ0v) is 11.0. The largest absolute Gasteiger partial charge is 0.394 e. The van der Waals surface area contributed by atoms with E-state index in [4.69, 9.17) is 15.6 Å². The molecule has 2 rings (SSSR count). The number of aromatic amines is 1. The van der Waals surface area contributed by atoms with Crippen molar-refractivity contribution in [3.8, 4) is 0 Å². The average molecular weight is 299 g/mol. The smallest absolute Gasteiger partial charge is 0.330 e. The summed E-state index contributed by atoms with van der Waals surface area (Å²) in [6.07, 6.45) is -0.794. The molecule has 0 bridgehead atoms. The topological polar surface area (TPSA) is 151 Å². The van der Waals surface area contributed by atoms with Gasteiger partial charge in [0.15, 0.2) is 6.23 Å². The summed E-state index contributed by atoms with van der Waals surface area (Å²) in [6, 6.07) is 0. The lowest BCUT2D eigenvalue weighted by Crippen LogP contribution is -2.38. The first kappa shape index (κ1) is 15.6. The average Bonchev–Trinajstić information content (AvgIpc) is 2.74. The molecule has 0 saturated carbocycles. The van der Waals surface area contributed by atoms with Crippen molar-refractivity contribution in [2.75, 3.05) is 13.2 Å². The van der Waals surface area contributed by atoms with Gasteiger partial charge in [0.2, 0.25) is 0 Å². The van der Waals surface area contributed by atoms with E-state index in [0.29, 0.717) is 0 Å². The molecule has 1 aromatic heterocycles. The third-order valence-electron chi connectivity index (χ3n) is 3.22. The second-order valence-corrected chi connectivity index (χ2v) is 4.62. The highest BCUT2D eigenvalue weighted by atomic mass is 16.6. The fourth-order valence-corrected chi connectivity index (χ4v) is 2.11. The Kier molecular flexibility index (Phi) is 4.70. The highest BCUT2D eigenvalue weighted by Gasteiger charge is 2.43. The molecule has 0 radical (unpaired) electrons. The molecule has 9 nitrogen and oxygen atoms in total. The minimum Gasteiger partial charge on any atom is -0.394 e. The molecule has 1 fully saturated rings. The lowest BCUT2D eigenvalue weighted by Gasteiger charge is -2.17. The Morgan fingerprint density at radius 1 is 1.38 bits per heavy atom. The fourth-order valence-electron chi connectivity index (χ4n) is 2.11. The third-order valence-corrected chi connectivity index (χ3v) is 3.22. The van der Waals surface area contributed by atoms with Crippen LogP contribution < -0.4 is 17.0 Å². The van der Waals surface area contributed by atoms with Crippen LogP contribution in [0.2, 0.25) is 0 Å². The van der Waals surface area contributed by atoms with Gasteiger partial charge in [-0.15, -0.1) is 0 Å². The van der Waals surface area contributed by atoms with Gasteiger partial charge < -0.3 is 25.8 Å². The van der Waals surface area contributed by atoms with E-state index in [1.54, 1.807) is 0 Å². The van der Waals surface area contributed by atoms with Crippen LogP contribution in [0.4, 0.5) is 0 Å². The Balaban J connectivity index is 2.42. The van der Waals surface area contributed by atoms with Gasteiger partial charge in [-0.05, 0) is 0 Å². The van der Waals surface area contributed by atoms with Gasteiger partial charge in [-0.25, -0.2) is 4.79 Å². The second-order valence-electron chi connectivity index (χ2n) is 4.62. The predicted molar refractivity (Wildman–Crippen MR) is 72.4 cm³/mol. The molecule has 2 heterocycles. The summed E-state index contributed by atoms with van der Waals surface area (Å²) in [6.45, 7) is -0.292. The Labute approximate surface area is 118 Å². The summed E-state index contributed by atoms with van der Waals surface area (Å²) >= 11 is 0. The second kappa shape index (κ2) is 6.33. The molecule has 1 saturated heterocycles. The van der Waals surface area contributed by atoms with Gasteiger partial charge in [0, 0.05) is 12.7 Å². The molecule has 0 aliphatic carbocycles. The van der Waals surface area contributed by atoms with Gasteiger partial charge in [0.25, 0.3) is 5.56 Å². The number of nitrogens with one attached hydrogen (secondary N) is 1. The summed E-state index contributed by atoms with van der Waals surface area (Å²) in [5.74, 6) is 0. The number of rotatable bonds is 4. The van der Waals surface area contributed by atoms with Crippen molar-refractivity contribution >= 4 is 6.08 Å². The van der Waals surface area contributed by atoms with E-state index in [1.165, 1.54) is 18.3 Å². The van der Waals surface area contributed by atoms with Crippen LogP contribution in [0.15, 0.2) is 21.9 Å². The van der Waals surface area contributed by atoms with Gasteiger partial charge in [0.1, 0.15) is 18.3 Å². The zero-order chi connectivity index (χ0) is 15.6. The molecule has 1 aromatic rings. The summed E-state index contributed by atoms with van der Waals surface area (Å²) < 4.78 is 6.20. The van der Waals surface area contributed by atoms with E-state index in [-0.39, 0.29) is 12.1 Å². The number of aromatic nitrogens is 2. The first-order chi connectivity index (χ1) is 9.99. The van der Waals surface area contributed by atoms with E-state index in [0.717, 1.165) is 4.57 Å². The normalized spacial score (nSPS) is 29.3. The third kappa shape index (κ3) is 2.96. The minimum atomic E-state index is -1.41. The van der Waals surface area contributed by atoms with Crippen LogP contribution in [-0.2, 0) is 4.74 Å². The number of H-pyrrole nitrogens is 1. The number of aliphatic hydroxyl groups is 3. The number of nitrogens with zero attached hydrogens (tertiary/aromatic N) is 1. The van der Waals surface area contributed by atoms with Gasteiger partial charge in [-0.3, -0.25) is 14.3 Å². The van der Waals surface area contributed by atoms with Crippen molar-refractivity contribution in [2.45, 2.75) is 24.5 Å². The molecular weight excluding hydrogens is 282 g/mol. The van der Waals surface area contributed by atoms with E-state index in [9.17, 15) is 19.8 Å². The van der Waals surface area contributed by atoms with Crippen molar-refractivity contribution in [2.24, 2.45) is 5.73 Å². The summed E-state index contributed by atoms with van der Waals surface area (Å²) in [4.78, 5) is 25.5. The SMILES string of the molecule is NC/C=C/c1cn([C@@H]2O[C@H](CO)C(O)[C@@H]2O)c(=O)[nH]c1=O. The number of hydrogen-bond acceptors (Lipinski definition) is 7. The van der Waals surface area contributed by atoms with Crippen LogP contribution in [0.3, 0.4) is 0 Å². The summed E-state index contributed by atoms with van der Waals surface area (Å²) in [5, 5.41) is 28.6. The molecular formula is C12H17N3O6. The Bertz CT molecular complexity index is 637. The standard InChI is InChI=1S/C12H17N3O6/c13-3-1-2-6-4-15(12(20)14-10(6)19)11-9(18)8(17)7(5-16)21-11/h1-2,4,7-9,11,16-18H,3,5,13H2,(H,14,19,20)/b2-1+/t7-,8?,9+,11-/m1/s1. The van der Waals surface area contributed by atoms with Crippen molar-refractivity contribution in [3.63, 3.8) is 0 Å². The van der Waals surface area contributed by atoms with Crippen LogP contribution in [0.1, 0.15) is 11.8 Å². The molecule has 0 spiro atoms. The highest BCUT2D eigenvalue weighted by Crippen LogP contribution is 2.27. The molecule has 1 aliphatic heterocycles. The van der Waals surface area contributed by atoms with Crippen molar-refractivity contribution in [3.05, 3.63) is 38.7 Å². The Morgan fingerprint density at radius 3 is 2.67 bits per heavy atom. The molecule has 0 aromatic carbocycles. The number of aliphatic hydroxyl groups excluding tert-OH is 3. The van der Waals surface area contributed by atoms with Crippen molar-refractivity contribution in [1.82, 2.24) is 9.55 Å². The summed E-state index contributed by atoms with van der Waals surface area (Å²) in [7, 11) is 0. The first-order valence-corrected chi connectivity index (χ1v) is 6.34. The lowest BCUT2D eigenvalue weighted by atomic mass is 10.1. The first-order valence-electron chi connectivity index (χ1n) is 6.34. The molecule has 116 valence electrons. The van der Waals surface area contributed by atoms with E-state index >= 15 is 0 Å². The number of nitrogens with two attached hydrogens (primary N) is 1. The zero-order valence-electron chi connectivity index (χ0n) is 11.0. The Hall–Kier alpha value is -1.78. The maximum atomic E-state index is 11.8. The van der Waals surface area contributed by atoms with Gasteiger partial charge >= 0.3 is 5.69 Å². The number of hydrogen-bond donors (Lipinski definition) is 5. The Morgan fingerprint density at radius 2 is 2.10 bits per heavy atom. The molecule has 4 atom stereocenters. The molecule has 6 N–H and O–H groups in total. The van der Waals surface area contributed by atoms with Crippen LogP contribution in [-0.4, -0.2) is 56.3 Å². The molecule has 1 unspecified atom stereocenters. The quantitative estimate of drug-likeness (QED) is 0.400. The molecule has 9 heteroatoms. The lowest BCUT2D eigenvalue weighted by molar-refractivity contribution is -0.0550. The minimum absolute atomic E-state index is 0.151. The predicted octanol–water partition coefficient (Wildman–Crippen LogP) is -2.88. The molecule has 0 amide bonds. The molecule has 1 aliphatic rings. The van der Waals surface area contributed by atoms with Gasteiger partial charge in [0.05, 0.1) is 12.2 Å². The highest BCUT2D eigenvalue weighted by molar-refractivity contribution is 5.46. The summed E-state index contributed by atoms with van der Waals surface area (Å²) in [5.41, 5.74) is 4.05. The van der Waals surface area contributed by atoms with Crippen LogP contribution in [0.25, 0.3) is 6.08 Å². The number of ether oxygens (including phenoxy) is 1. The molecule has 21 heavy (non-hydrogen) atoms. The maximum absolute atomic E-state index is 11.8. The van der Waals surface area contributed by atoms with E-state index in [1.807, 2.05) is 0 Å². The van der Waals surface area contributed by atoms with Crippen molar-refractivity contribution in [1.29, 1.82) is 0 Å². The van der Waals surface area contributed by atoms with Crippen LogP contribution >= 0.6 is 0 Å². The monoisotopic (exact) mass is 299 g/mol. The van der Waals surface area contributed by atoms with Gasteiger partial charge in [-0.2, -0.15) is 0 Å². The van der Waals surface area contributed by atoms with E-state index < -0.39 is 42.4 Å². The van der Waals surface area contributed by atoms with Crippen molar-refractivity contribution < 1.29 is 20.1 Å².